The highest BCUT2D eigenvalue weighted by Crippen LogP contribution is 2.20. The van der Waals surface area contributed by atoms with E-state index < -0.39 is 0 Å². The molecule has 2 heteroatoms. The van der Waals surface area contributed by atoms with Gasteiger partial charge in [0.2, 0.25) is 0 Å². The monoisotopic (exact) mass is 196 g/mol. The molecular formula is C11H13ClO. The van der Waals surface area contributed by atoms with Gasteiger partial charge < -0.3 is 4.74 Å². The Kier molecular flexibility index (Phi) is 3.84. The van der Waals surface area contributed by atoms with Crippen molar-refractivity contribution in [1.29, 1.82) is 0 Å². The summed E-state index contributed by atoms with van der Waals surface area (Å²) in [5, 5.41) is 0. The summed E-state index contributed by atoms with van der Waals surface area (Å²) in [7, 11) is 1.67. The first-order valence-corrected chi connectivity index (χ1v) is 4.68. The van der Waals surface area contributed by atoms with Crippen molar-refractivity contribution in [2.75, 3.05) is 13.0 Å². The van der Waals surface area contributed by atoms with Gasteiger partial charge in [-0.15, -0.1) is 11.6 Å². The summed E-state index contributed by atoms with van der Waals surface area (Å²) in [6.45, 7) is 2.04. The van der Waals surface area contributed by atoms with Crippen LogP contribution in [0.4, 0.5) is 0 Å². The molecule has 13 heavy (non-hydrogen) atoms. The Bertz CT molecular complexity index is 305. The molecule has 1 aromatic carbocycles. The predicted molar refractivity (Wildman–Crippen MR) is 57.5 cm³/mol. The highest BCUT2D eigenvalue weighted by molar-refractivity contribution is 6.19. The maximum atomic E-state index is 5.55. The number of aryl methyl sites for hydroxylation is 1. The van der Waals surface area contributed by atoms with Gasteiger partial charge in [0.1, 0.15) is 5.75 Å². The van der Waals surface area contributed by atoms with Crippen molar-refractivity contribution in [3.8, 4) is 5.75 Å². The van der Waals surface area contributed by atoms with E-state index in [-0.39, 0.29) is 0 Å². The van der Waals surface area contributed by atoms with E-state index in [9.17, 15) is 0 Å². The van der Waals surface area contributed by atoms with Crippen molar-refractivity contribution in [2.45, 2.75) is 6.92 Å². The molecule has 70 valence electrons. The molecule has 0 heterocycles. The van der Waals surface area contributed by atoms with Gasteiger partial charge in [0.05, 0.1) is 7.11 Å². The van der Waals surface area contributed by atoms with Crippen LogP contribution in [-0.4, -0.2) is 13.0 Å². The Hall–Kier alpha value is -0.950. The van der Waals surface area contributed by atoms with Crippen LogP contribution < -0.4 is 4.74 Å². The molecule has 1 rings (SSSR count). The van der Waals surface area contributed by atoms with Crippen molar-refractivity contribution < 1.29 is 4.74 Å². The van der Waals surface area contributed by atoms with Crippen LogP contribution in [0.25, 0.3) is 6.08 Å². The zero-order valence-electron chi connectivity index (χ0n) is 7.88. The molecule has 0 amide bonds. The molecule has 0 atom stereocenters. The van der Waals surface area contributed by atoms with Crippen molar-refractivity contribution in [3.63, 3.8) is 0 Å². The lowest BCUT2D eigenvalue weighted by Crippen LogP contribution is -1.87. The summed E-state index contributed by atoms with van der Waals surface area (Å²) in [6, 6.07) is 6.08. The van der Waals surface area contributed by atoms with E-state index in [0.717, 1.165) is 11.3 Å². The van der Waals surface area contributed by atoms with E-state index in [1.165, 1.54) is 5.56 Å². The van der Waals surface area contributed by atoms with E-state index in [4.69, 9.17) is 16.3 Å². The average Bonchev–Trinajstić information content (AvgIpc) is 2.16. The van der Waals surface area contributed by atoms with E-state index >= 15 is 0 Å². The molecule has 0 N–H and O–H groups in total. The molecule has 0 aliphatic carbocycles. The molecule has 0 saturated carbocycles. The molecule has 0 saturated heterocycles. The summed E-state index contributed by atoms with van der Waals surface area (Å²) in [5.74, 6) is 1.41. The summed E-state index contributed by atoms with van der Waals surface area (Å²) in [4.78, 5) is 0. The second kappa shape index (κ2) is 4.93. The number of methoxy groups -OCH3 is 1. The van der Waals surface area contributed by atoms with Crippen LogP contribution in [0, 0.1) is 6.92 Å². The van der Waals surface area contributed by atoms with Crippen LogP contribution in [0.1, 0.15) is 11.1 Å². The van der Waals surface area contributed by atoms with E-state index in [0.29, 0.717) is 5.88 Å². The highest BCUT2D eigenvalue weighted by atomic mass is 35.5. The predicted octanol–water partition coefficient (Wildman–Crippen LogP) is 3.26. The largest absolute Gasteiger partial charge is 0.496 e. The zero-order valence-corrected chi connectivity index (χ0v) is 8.64. The summed E-state index contributed by atoms with van der Waals surface area (Å²) < 4.78 is 5.23. The first-order valence-electron chi connectivity index (χ1n) is 4.15. The standard InChI is InChI=1S/C11H13ClO/c1-9-5-6-10(4-3-7-12)11(8-9)13-2/h3-6,8H,7H2,1-2H3/b4-3+. The van der Waals surface area contributed by atoms with Gasteiger partial charge in [-0.05, 0) is 18.6 Å². The number of hydrogen-bond acceptors (Lipinski definition) is 1. The summed E-state index contributed by atoms with van der Waals surface area (Å²) in [5.41, 5.74) is 2.26. The minimum absolute atomic E-state index is 0.525. The van der Waals surface area contributed by atoms with Gasteiger partial charge in [0.15, 0.2) is 0 Å². The van der Waals surface area contributed by atoms with Gasteiger partial charge in [0.25, 0.3) is 0 Å². The first kappa shape index (κ1) is 10.1. The lowest BCUT2D eigenvalue weighted by molar-refractivity contribution is 0.413. The minimum atomic E-state index is 0.525. The van der Waals surface area contributed by atoms with Gasteiger partial charge in [-0.3, -0.25) is 0 Å². The van der Waals surface area contributed by atoms with Gasteiger partial charge in [0, 0.05) is 11.4 Å². The number of hydrogen-bond donors (Lipinski definition) is 0. The summed E-state index contributed by atoms with van der Waals surface area (Å²) in [6.07, 6.45) is 3.86. The third-order valence-corrected chi connectivity index (χ3v) is 1.95. The van der Waals surface area contributed by atoms with Crippen LogP contribution in [-0.2, 0) is 0 Å². The third-order valence-electron chi connectivity index (χ3n) is 1.78. The fraction of sp³-hybridized carbons (Fsp3) is 0.273. The molecule has 0 fully saturated rings. The maximum Gasteiger partial charge on any atom is 0.126 e. The lowest BCUT2D eigenvalue weighted by Gasteiger charge is -2.05. The van der Waals surface area contributed by atoms with E-state index in [1.54, 1.807) is 7.11 Å². The molecule has 0 unspecified atom stereocenters. The van der Waals surface area contributed by atoms with Crippen LogP contribution in [0.2, 0.25) is 0 Å². The maximum absolute atomic E-state index is 5.55. The van der Waals surface area contributed by atoms with E-state index in [1.807, 2.05) is 31.2 Å². The number of ether oxygens (including phenoxy) is 1. The number of benzene rings is 1. The zero-order chi connectivity index (χ0) is 9.68. The van der Waals surface area contributed by atoms with Crippen LogP contribution in [0.5, 0.6) is 5.75 Å². The van der Waals surface area contributed by atoms with Crippen LogP contribution in [0.15, 0.2) is 24.3 Å². The number of halogens is 1. The third kappa shape index (κ3) is 2.78. The van der Waals surface area contributed by atoms with Gasteiger partial charge in [-0.2, -0.15) is 0 Å². The van der Waals surface area contributed by atoms with Crippen LogP contribution in [0.3, 0.4) is 0 Å². The Morgan fingerprint density at radius 2 is 2.23 bits per heavy atom. The molecule has 0 spiro atoms. The van der Waals surface area contributed by atoms with Crippen molar-refractivity contribution >= 4 is 17.7 Å². The second-order valence-corrected chi connectivity index (χ2v) is 3.11. The smallest absolute Gasteiger partial charge is 0.126 e. The Morgan fingerprint density at radius 1 is 1.46 bits per heavy atom. The average molecular weight is 197 g/mol. The minimum Gasteiger partial charge on any atom is -0.496 e. The van der Waals surface area contributed by atoms with Gasteiger partial charge >= 0.3 is 0 Å². The normalized spacial score (nSPS) is 10.7. The number of rotatable bonds is 3. The fourth-order valence-corrected chi connectivity index (χ4v) is 1.22. The molecule has 0 radical (unpaired) electrons. The molecule has 0 aliphatic rings. The van der Waals surface area contributed by atoms with E-state index in [2.05, 4.69) is 6.07 Å². The molecule has 1 nitrogen and oxygen atoms in total. The van der Waals surface area contributed by atoms with Crippen LogP contribution >= 0.6 is 11.6 Å². The Labute approximate surface area is 84.0 Å². The molecule has 1 aromatic rings. The summed E-state index contributed by atoms with van der Waals surface area (Å²) >= 11 is 5.55. The molecule has 0 bridgehead atoms. The number of alkyl halides is 1. The Balaban J connectivity index is 2.99. The molecular weight excluding hydrogens is 184 g/mol. The van der Waals surface area contributed by atoms with Gasteiger partial charge in [-0.1, -0.05) is 24.3 Å². The quantitative estimate of drug-likeness (QED) is 0.675. The van der Waals surface area contributed by atoms with Crippen molar-refractivity contribution in [1.82, 2.24) is 0 Å². The SMILES string of the molecule is COc1cc(C)ccc1/C=C/CCl. The van der Waals surface area contributed by atoms with Crippen molar-refractivity contribution in [3.05, 3.63) is 35.4 Å². The Morgan fingerprint density at radius 3 is 2.85 bits per heavy atom. The molecule has 0 aliphatic heterocycles. The highest BCUT2D eigenvalue weighted by Gasteiger charge is 1.98. The number of allylic oxidation sites excluding steroid dienone is 1. The molecule has 0 aromatic heterocycles. The van der Waals surface area contributed by atoms with Crippen molar-refractivity contribution in [2.24, 2.45) is 0 Å². The second-order valence-electron chi connectivity index (χ2n) is 2.80. The lowest BCUT2D eigenvalue weighted by atomic mass is 10.1. The fourth-order valence-electron chi connectivity index (χ4n) is 1.13. The van der Waals surface area contributed by atoms with Gasteiger partial charge in [-0.25, -0.2) is 0 Å². The first-order chi connectivity index (χ1) is 6.27. The topological polar surface area (TPSA) is 9.23 Å².